The second-order valence-corrected chi connectivity index (χ2v) is 6.20. The van der Waals surface area contributed by atoms with E-state index in [1.165, 1.54) is 19.8 Å². The van der Waals surface area contributed by atoms with Crippen LogP contribution in [-0.2, 0) is 4.74 Å². The molecule has 0 aliphatic carbocycles. The predicted octanol–water partition coefficient (Wildman–Crippen LogP) is 2.99. The third-order valence-electron chi connectivity index (χ3n) is 2.93. The molecular formula is C11H15BrO2S. The van der Waals surface area contributed by atoms with Crippen LogP contribution in [0, 0.1) is 13.8 Å². The lowest BCUT2D eigenvalue weighted by Gasteiger charge is -2.28. The number of aliphatic hydroxyl groups excluding tert-OH is 1. The van der Waals surface area contributed by atoms with Gasteiger partial charge in [0.1, 0.15) is 0 Å². The van der Waals surface area contributed by atoms with E-state index >= 15 is 0 Å². The minimum absolute atomic E-state index is 0.234. The molecule has 15 heavy (non-hydrogen) atoms. The van der Waals surface area contributed by atoms with E-state index in [-0.39, 0.29) is 12.0 Å². The van der Waals surface area contributed by atoms with Crippen molar-refractivity contribution in [2.24, 2.45) is 0 Å². The van der Waals surface area contributed by atoms with Crippen molar-refractivity contribution in [2.75, 3.05) is 13.2 Å². The average molecular weight is 291 g/mol. The van der Waals surface area contributed by atoms with Gasteiger partial charge in [-0.25, -0.2) is 0 Å². The van der Waals surface area contributed by atoms with E-state index in [4.69, 9.17) is 4.74 Å². The molecule has 0 aromatic carbocycles. The van der Waals surface area contributed by atoms with E-state index in [1.54, 1.807) is 11.3 Å². The van der Waals surface area contributed by atoms with Crippen LogP contribution in [0.4, 0.5) is 0 Å². The summed E-state index contributed by atoms with van der Waals surface area (Å²) in [6.07, 6.45) is 0.555. The summed E-state index contributed by atoms with van der Waals surface area (Å²) in [5.74, 6) is 0.234. The van der Waals surface area contributed by atoms with E-state index in [0.717, 1.165) is 13.0 Å². The van der Waals surface area contributed by atoms with Gasteiger partial charge >= 0.3 is 0 Å². The Hall–Kier alpha value is 0.100. The second-order valence-electron chi connectivity index (χ2n) is 3.98. The summed E-state index contributed by atoms with van der Waals surface area (Å²) >= 11 is 5.42. The van der Waals surface area contributed by atoms with Gasteiger partial charge in [-0.2, -0.15) is 0 Å². The Kier molecular flexibility index (Phi) is 3.50. The second kappa shape index (κ2) is 4.53. The topological polar surface area (TPSA) is 29.5 Å². The van der Waals surface area contributed by atoms with Gasteiger partial charge in [-0.3, -0.25) is 0 Å². The van der Waals surface area contributed by atoms with Crippen molar-refractivity contribution in [1.29, 1.82) is 0 Å². The number of aryl methyl sites for hydroxylation is 2. The quantitative estimate of drug-likeness (QED) is 0.862. The van der Waals surface area contributed by atoms with Crippen LogP contribution in [0.1, 0.15) is 27.7 Å². The van der Waals surface area contributed by atoms with Gasteiger partial charge in [-0.1, -0.05) is 0 Å². The molecule has 0 spiro atoms. The van der Waals surface area contributed by atoms with E-state index in [1.807, 2.05) is 0 Å². The lowest BCUT2D eigenvalue weighted by atomic mass is 9.89. The summed E-state index contributed by atoms with van der Waals surface area (Å²) in [6, 6.07) is 0. The Bertz CT molecular complexity index is 362. The summed E-state index contributed by atoms with van der Waals surface area (Å²) in [6.45, 7) is 5.45. The highest BCUT2D eigenvalue weighted by molar-refractivity contribution is 9.10. The molecular weight excluding hydrogens is 276 g/mol. The standard InChI is InChI=1S/C11H15BrO2S/c1-6-10(11(12)7(2)15-6)8-3-4-14-5-9(8)13/h8-9,13H,3-5H2,1-2H3. The zero-order valence-electron chi connectivity index (χ0n) is 8.92. The number of hydrogen-bond donors (Lipinski definition) is 1. The summed E-state index contributed by atoms with van der Waals surface area (Å²) in [5, 5.41) is 9.94. The Morgan fingerprint density at radius 1 is 1.40 bits per heavy atom. The maximum atomic E-state index is 9.94. The first-order chi connectivity index (χ1) is 7.11. The SMILES string of the molecule is Cc1sc(C)c(C2CCOCC2O)c1Br. The van der Waals surface area contributed by atoms with E-state index in [0.29, 0.717) is 6.61 Å². The molecule has 1 aromatic heterocycles. The zero-order chi connectivity index (χ0) is 11.0. The molecule has 1 N–H and O–H groups in total. The lowest BCUT2D eigenvalue weighted by molar-refractivity contribution is -0.0206. The van der Waals surface area contributed by atoms with Crippen molar-refractivity contribution in [2.45, 2.75) is 32.3 Å². The first-order valence-electron chi connectivity index (χ1n) is 5.12. The molecule has 2 atom stereocenters. The van der Waals surface area contributed by atoms with Crippen molar-refractivity contribution in [3.63, 3.8) is 0 Å². The van der Waals surface area contributed by atoms with Gasteiger partial charge in [0.25, 0.3) is 0 Å². The predicted molar refractivity (Wildman–Crippen MR) is 65.7 cm³/mol. The minimum atomic E-state index is -0.359. The first kappa shape index (κ1) is 11.6. The van der Waals surface area contributed by atoms with Crippen molar-refractivity contribution in [3.05, 3.63) is 19.8 Å². The van der Waals surface area contributed by atoms with Gasteiger partial charge in [0.15, 0.2) is 0 Å². The van der Waals surface area contributed by atoms with Gasteiger partial charge in [-0.05, 0) is 41.8 Å². The summed E-state index contributed by atoms with van der Waals surface area (Å²) < 4.78 is 6.43. The molecule has 2 heterocycles. The highest BCUT2D eigenvalue weighted by Crippen LogP contribution is 2.40. The third-order valence-corrected chi connectivity index (χ3v) is 5.25. The number of hydrogen-bond acceptors (Lipinski definition) is 3. The van der Waals surface area contributed by atoms with Crippen LogP contribution in [-0.4, -0.2) is 24.4 Å². The van der Waals surface area contributed by atoms with Crippen LogP contribution >= 0.6 is 27.3 Å². The van der Waals surface area contributed by atoms with Gasteiger partial charge in [0.05, 0.1) is 12.7 Å². The zero-order valence-corrected chi connectivity index (χ0v) is 11.3. The normalized spacial score (nSPS) is 26.9. The highest BCUT2D eigenvalue weighted by atomic mass is 79.9. The molecule has 1 fully saturated rings. The van der Waals surface area contributed by atoms with E-state index < -0.39 is 0 Å². The van der Waals surface area contributed by atoms with Crippen molar-refractivity contribution >= 4 is 27.3 Å². The molecule has 2 unspecified atom stereocenters. The molecule has 0 bridgehead atoms. The Morgan fingerprint density at radius 2 is 2.13 bits per heavy atom. The fraction of sp³-hybridized carbons (Fsp3) is 0.636. The number of halogens is 1. The van der Waals surface area contributed by atoms with Crippen LogP contribution in [0.5, 0.6) is 0 Å². The summed E-state index contributed by atoms with van der Waals surface area (Å²) in [7, 11) is 0. The largest absolute Gasteiger partial charge is 0.390 e. The maximum absolute atomic E-state index is 9.94. The van der Waals surface area contributed by atoms with Crippen molar-refractivity contribution in [1.82, 2.24) is 0 Å². The van der Waals surface area contributed by atoms with Crippen LogP contribution in [0.25, 0.3) is 0 Å². The Labute approximate surface area is 102 Å². The van der Waals surface area contributed by atoms with Gasteiger partial charge < -0.3 is 9.84 Å². The Morgan fingerprint density at radius 3 is 2.67 bits per heavy atom. The molecule has 0 radical (unpaired) electrons. The van der Waals surface area contributed by atoms with Gasteiger partial charge in [0, 0.05) is 26.8 Å². The maximum Gasteiger partial charge on any atom is 0.0843 e. The number of aliphatic hydroxyl groups is 1. The van der Waals surface area contributed by atoms with Crippen LogP contribution in [0.15, 0.2) is 4.47 Å². The first-order valence-corrected chi connectivity index (χ1v) is 6.73. The molecule has 1 aliphatic rings. The third kappa shape index (κ3) is 2.13. The molecule has 1 aromatic rings. The lowest BCUT2D eigenvalue weighted by Crippen LogP contribution is -2.30. The molecule has 2 rings (SSSR count). The van der Waals surface area contributed by atoms with Crippen LogP contribution < -0.4 is 0 Å². The molecule has 1 saturated heterocycles. The number of thiophene rings is 1. The summed E-state index contributed by atoms with van der Waals surface area (Å²) in [5.41, 5.74) is 1.29. The fourth-order valence-corrected chi connectivity index (χ4v) is 4.14. The molecule has 4 heteroatoms. The van der Waals surface area contributed by atoms with E-state index in [9.17, 15) is 5.11 Å². The molecule has 2 nitrogen and oxygen atoms in total. The van der Waals surface area contributed by atoms with Crippen LogP contribution in [0.2, 0.25) is 0 Å². The molecule has 0 saturated carbocycles. The minimum Gasteiger partial charge on any atom is -0.390 e. The molecule has 84 valence electrons. The highest BCUT2D eigenvalue weighted by Gasteiger charge is 2.29. The van der Waals surface area contributed by atoms with Gasteiger partial charge in [-0.15, -0.1) is 11.3 Å². The monoisotopic (exact) mass is 290 g/mol. The molecule has 1 aliphatic heterocycles. The average Bonchev–Trinajstić information content (AvgIpc) is 2.43. The van der Waals surface area contributed by atoms with Gasteiger partial charge in [0.2, 0.25) is 0 Å². The van der Waals surface area contributed by atoms with Crippen LogP contribution in [0.3, 0.4) is 0 Å². The molecule has 0 amide bonds. The summed E-state index contributed by atoms with van der Waals surface area (Å²) in [4.78, 5) is 2.60. The van der Waals surface area contributed by atoms with E-state index in [2.05, 4.69) is 29.8 Å². The number of rotatable bonds is 1. The smallest absolute Gasteiger partial charge is 0.0843 e. The van der Waals surface area contributed by atoms with Crippen molar-refractivity contribution in [3.8, 4) is 0 Å². The Balaban J connectivity index is 2.35. The fourth-order valence-electron chi connectivity index (χ4n) is 2.16. The van der Waals surface area contributed by atoms with Crippen molar-refractivity contribution < 1.29 is 9.84 Å². The number of ether oxygens (including phenoxy) is 1.